The summed E-state index contributed by atoms with van der Waals surface area (Å²) in [6.45, 7) is 1.60. The van der Waals surface area contributed by atoms with Crippen LogP contribution in [0.5, 0.6) is 0 Å². The lowest BCUT2D eigenvalue weighted by molar-refractivity contribution is 0.0980. The summed E-state index contributed by atoms with van der Waals surface area (Å²) in [4.78, 5) is 11.6. The topological polar surface area (TPSA) is 64.3 Å². The van der Waals surface area contributed by atoms with E-state index in [2.05, 4.69) is 15.9 Å². The van der Waals surface area contributed by atoms with Gasteiger partial charge in [-0.05, 0) is 28.4 Å². The van der Waals surface area contributed by atoms with Crippen LogP contribution >= 0.6 is 15.9 Å². The zero-order valence-corrected chi connectivity index (χ0v) is 11.3. The predicted octanol–water partition coefficient (Wildman–Crippen LogP) is 2.44. The van der Waals surface area contributed by atoms with E-state index in [4.69, 9.17) is 4.42 Å². The van der Waals surface area contributed by atoms with Crippen LogP contribution < -0.4 is 0 Å². The van der Waals surface area contributed by atoms with Crippen molar-refractivity contribution in [1.29, 1.82) is 0 Å². The number of rotatable bonds is 6. The first-order valence-corrected chi connectivity index (χ1v) is 7.54. The van der Waals surface area contributed by atoms with Gasteiger partial charge in [-0.1, -0.05) is 6.92 Å². The van der Waals surface area contributed by atoms with Crippen LogP contribution in [0.15, 0.2) is 21.4 Å². The Morgan fingerprint density at radius 2 is 2.19 bits per heavy atom. The van der Waals surface area contributed by atoms with Crippen LogP contribution in [0.4, 0.5) is 0 Å². The molecule has 0 aromatic carbocycles. The van der Waals surface area contributed by atoms with Crippen molar-refractivity contribution in [3.8, 4) is 0 Å². The van der Waals surface area contributed by atoms with Gasteiger partial charge in [0.15, 0.2) is 10.5 Å². The Hall–Kier alpha value is -0.620. The van der Waals surface area contributed by atoms with E-state index >= 15 is 0 Å². The second-order valence-electron chi connectivity index (χ2n) is 3.37. The quantitative estimate of drug-likeness (QED) is 0.757. The number of carbonyl (C=O) groups is 1. The molecule has 0 saturated carbocycles. The average Bonchev–Trinajstić information content (AvgIpc) is 2.64. The summed E-state index contributed by atoms with van der Waals surface area (Å²) in [5, 5.41) is 0. The highest BCUT2D eigenvalue weighted by Gasteiger charge is 2.14. The molecule has 1 aromatic rings. The average molecular weight is 309 g/mol. The van der Waals surface area contributed by atoms with E-state index in [0.29, 0.717) is 16.7 Å². The minimum atomic E-state index is -2.98. The minimum Gasteiger partial charge on any atom is -0.457 e. The fraction of sp³-hybridized carbons (Fsp3) is 0.500. The molecule has 0 aliphatic carbocycles. The number of hydrogen-bond donors (Lipinski definition) is 0. The minimum absolute atomic E-state index is 0.0602. The number of sulfone groups is 1. The second kappa shape index (κ2) is 5.63. The Bertz CT molecular complexity index is 461. The standard InChI is InChI=1S/C10H13BrO4S/c1-2-16(13,14)7-3-4-9(12)8-5-6-15-10(8)11/h5-6H,2-4,7H2,1H3. The van der Waals surface area contributed by atoms with Gasteiger partial charge >= 0.3 is 0 Å². The van der Waals surface area contributed by atoms with Crippen molar-refractivity contribution in [2.75, 3.05) is 11.5 Å². The number of furan rings is 1. The highest BCUT2D eigenvalue weighted by Crippen LogP contribution is 2.19. The molecule has 1 aromatic heterocycles. The van der Waals surface area contributed by atoms with Gasteiger partial charge in [0.1, 0.15) is 9.84 Å². The molecule has 0 fully saturated rings. The first-order valence-electron chi connectivity index (χ1n) is 4.93. The van der Waals surface area contributed by atoms with E-state index in [-0.39, 0.29) is 23.7 Å². The number of halogens is 1. The SMILES string of the molecule is CCS(=O)(=O)CCCC(=O)c1ccoc1Br. The van der Waals surface area contributed by atoms with Crippen molar-refractivity contribution < 1.29 is 17.6 Å². The van der Waals surface area contributed by atoms with E-state index < -0.39 is 9.84 Å². The summed E-state index contributed by atoms with van der Waals surface area (Å²) < 4.78 is 27.7. The smallest absolute Gasteiger partial charge is 0.179 e. The molecule has 0 aliphatic heterocycles. The van der Waals surface area contributed by atoms with Gasteiger partial charge in [0, 0.05) is 12.2 Å². The third kappa shape index (κ3) is 3.75. The summed E-state index contributed by atoms with van der Waals surface area (Å²) in [6, 6.07) is 1.57. The van der Waals surface area contributed by atoms with E-state index in [1.165, 1.54) is 6.26 Å². The van der Waals surface area contributed by atoms with Gasteiger partial charge in [-0.2, -0.15) is 0 Å². The van der Waals surface area contributed by atoms with Crippen LogP contribution in [0.2, 0.25) is 0 Å². The molecule has 6 heteroatoms. The lowest BCUT2D eigenvalue weighted by atomic mass is 10.1. The Labute approximate surface area is 103 Å². The summed E-state index contributed by atoms with van der Waals surface area (Å²) in [6.07, 6.45) is 1.99. The molecular weight excluding hydrogens is 296 g/mol. The molecule has 0 unspecified atom stereocenters. The maximum absolute atomic E-state index is 11.6. The molecule has 0 amide bonds. The normalized spacial score (nSPS) is 11.6. The maximum atomic E-state index is 11.6. The van der Waals surface area contributed by atoms with Gasteiger partial charge in [0.25, 0.3) is 0 Å². The van der Waals surface area contributed by atoms with Crippen LogP contribution in [0.25, 0.3) is 0 Å². The van der Waals surface area contributed by atoms with Crippen LogP contribution in [0.1, 0.15) is 30.1 Å². The molecule has 0 bridgehead atoms. The second-order valence-corrected chi connectivity index (χ2v) is 6.56. The molecule has 1 heterocycles. The zero-order valence-electron chi connectivity index (χ0n) is 8.90. The highest BCUT2D eigenvalue weighted by atomic mass is 79.9. The Balaban J connectivity index is 2.46. The molecule has 0 atom stereocenters. The molecule has 90 valence electrons. The molecule has 16 heavy (non-hydrogen) atoms. The van der Waals surface area contributed by atoms with Gasteiger partial charge in [0.05, 0.1) is 17.6 Å². The fourth-order valence-corrected chi connectivity index (χ4v) is 2.56. The molecule has 0 aliphatic rings. The lowest BCUT2D eigenvalue weighted by Crippen LogP contribution is -2.10. The van der Waals surface area contributed by atoms with Crippen molar-refractivity contribution in [1.82, 2.24) is 0 Å². The van der Waals surface area contributed by atoms with Crippen molar-refractivity contribution in [3.63, 3.8) is 0 Å². The Morgan fingerprint density at radius 3 is 2.69 bits per heavy atom. The molecular formula is C10H13BrO4S. The first-order chi connectivity index (χ1) is 7.46. The van der Waals surface area contributed by atoms with Crippen molar-refractivity contribution in [2.45, 2.75) is 19.8 Å². The van der Waals surface area contributed by atoms with Crippen molar-refractivity contribution in [2.24, 2.45) is 0 Å². The number of carbonyl (C=O) groups excluding carboxylic acids is 1. The Kier molecular flexibility index (Phi) is 4.73. The van der Waals surface area contributed by atoms with Crippen LogP contribution in [0.3, 0.4) is 0 Å². The molecule has 4 nitrogen and oxygen atoms in total. The van der Waals surface area contributed by atoms with Crippen molar-refractivity contribution in [3.05, 3.63) is 22.6 Å². The highest BCUT2D eigenvalue weighted by molar-refractivity contribution is 9.10. The molecule has 0 N–H and O–H groups in total. The summed E-state index contributed by atoms with van der Waals surface area (Å²) in [7, 11) is -2.98. The summed E-state index contributed by atoms with van der Waals surface area (Å²) in [5.74, 6) is 0.0772. The fourth-order valence-electron chi connectivity index (χ4n) is 1.23. The first kappa shape index (κ1) is 13.4. The summed E-state index contributed by atoms with van der Waals surface area (Å²) in [5.41, 5.74) is 0.467. The van der Waals surface area contributed by atoms with Gasteiger partial charge in [-0.25, -0.2) is 8.42 Å². The van der Waals surface area contributed by atoms with E-state index in [1.807, 2.05) is 0 Å². The Morgan fingerprint density at radius 1 is 1.50 bits per heavy atom. The van der Waals surface area contributed by atoms with Crippen molar-refractivity contribution >= 4 is 31.6 Å². The molecule has 0 spiro atoms. The monoisotopic (exact) mass is 308 g/mol. The molecule has 0 radical (unpaired) electrons. The van der Waals surface area contributed by atoms with Crippen LogP contribution in [-0.2, 0) is 9.84 Å². The molecule has 1 rings (SSSR count). The van der Waals surface area contributed by atoms with E-state index in [9.17, 15) is 13.2 Å². The maximum Gasteiger partial charge on any atom is 0.179 e. The number of hydrogen-bond acceptors (Lipinski definition) is 4. The molecule has 0 saturated heterocycles. The zero-order chi connectivity index (χ0) is 12.2. The lowest BCUT2D eigenvalue weighted by Gasteiger charge is -2.00. The van der Waals surface area contributed by atoms with Gasteiger partial charge in [-0.3, -0.25) is 4.79 Å². The predicted molar refractivity (Wildman–Crippen MR) is 64.3 cm³/mol. The van der Waals surface area contributed by atoms with Gasteiger partial charge in [-0.15, -0.1) is 0 Å². The van der Waals surface area contributed by atoms with E-state index in [0.717, 1.165) is 0 Å². The summed E-state index contributed by atoms with van der Waals surface area (Å²) >= 11 is 3.11. The number of ketones is 1. The van der Waals surface area contributed by atoms with Crippen LogP contribution in [0, 0.1) is 0 Å². The van der Waals surface area contributed by atoms with Crippen LogP contribution in [-0.4, -0.2) is 25.7 Å². The third-order valence-corrected chi connectivity index (χ3v) is 4.62. The van der Waals surface area contributed by atoms with Gasteiger partial charge < -0.3 is 4.42 Å². The van der Waals surface area contributed by atoms with Gasteiger partial charge in [0.2, 0.25) is 0 Å². The third-order valence-electron chi connectivity index (χ3n) is 2.22. The number of Topliss-reactive ketones (excluding diaryl/α,β-unsaturated/α-hetero) is 1. The van der Waals surface area contributed by atoms with E-state index in [1.54, 1.807) is 13.0 Å². The largest absolute Gasteiger partial charge is 0.457 e.